The van der Waals surface area contributed by atoms with Gasteiger partial charge in [0.05, 0.1) is 24.5 Å². The highest BCUT2D eigenvalue weighted by Gasteiger charge is 2.34. The third-order valence-electron chi connectivity index (χ3n) is 5.62. The van der Waals surface area contributed by atoms with E-state index in [0.717, 1.165) is 35.6 Å². The molecule has 0 fully saturated rings. The molecule has 190 valence electrons. The first-order valence-corrected chi connectivity index (χ1v) is 13.4. The molecule has 0 spiro atoms. The second-order valence-corrected chi connectivity index (χ2v) is 9.44. The molecule has 1 aromatic heterocycles. The highest BCUT2D eigenvalue weighted by atomic mass is 32.2. The first-order chi connectivity index (χ1) is 17.5. The van der Waals surface area contributed by atoms with Gasteiger partial charge in [0.25, 0.3) is 5.91 Å². The molecule has 0 aliphatic carbocycles. The van der Waals surface area contributed by atoms with Gasteiger partial charge in [-0.3, -0.25) is 4.79 Å². The zero-order chi connectivity index (χ0) is 25.5. The summed E-state index contributed by atoms with van der Waals surface area (Å²) in [5.74, 6) is 2.74. The molecule has 36 heavy (non-hydrogen) atoms. The first-order valence-electron chi connectivity index (χ1n) is 12.4. The summed E-state index contributed by atoms with van der Waals surface area (Å²) in [6.45, 7) is 9.18. The van der Waals surface area contributed by atoms with Crippen molar-refractivity contribution in [1.82, 2.24) is 14.8 Å². The summed E-state index contributed by atoms with van der Waals surface area (Å²) in [5.41, 5.74) is 2.83. The zero-order valence-electron chi connectivity index (χ0n) is 21.2. The van der Waals surface area contributed by atoms with Crippen LogP contribution in [0.1, 0.15) is 52.1 Å². The molecule has 9 heteroatoms. The second kappa shape index (κ2) is 12.0. The molecule has 0 saturated heterocycles. The van der Waals surface area contributed by atoms with Crippen molar-refractivity contribution in [3.05, 3.63) is 65.4 Å². The number of para-hydroxylation sites is 2. The molecule has 1 aliphatic heterocycles. The molecular weight excluding hydrogens is 474 g/mol. The molecule has 1 amide bonds. The van der Waals surface area contributed by atoms with E-state index in [1.54, 1.807) is 16.4 Å². The largest absolute Gasteiger partial charge is 0.494 e. The number of amides is 1. The minimum Gasteiger partial charge on any atom is -0.494 e. The van der Waals surface area contributed by atoms with Crippen LogP contribution in [0.2, 0.25) is 0 Å². The number of nitrogens with one attached hydrogen (secondary N) is 2. The van der Waals surface area contributed by atoms with Crippen LogP contribution in [0.5, 0.6) is 11.5 Å². The van der Waals surface area contributed by atoms with E-state index >= 15 is 0 Å². The Hall–Kier alpha value is -3.46. The van der Waals surface area contributed by atoms with Gasteiger partial charge in [-0.2, -0.15) is 4.98 Å². The predicted octanol–water partition coefficient (Wildman–Crippen LogP) is 5.90. The van der Waals surface area contributed by atoms with Crippen molar-refractivity contribution in [3.8, 4) is 11.5 Å². The van der Waals surface area contributed by atoms with Gasteiger partial charge < -0.3 is 20.1 Å². The number of fused-ring (bicyclic) bond motifs is 1. The van der Waals surface area contributed by atoms with Crippen LogP contribution in [0, 0.1) is 0 Å². The average molecular weight is 508 g/mol. The standard InChI is InChI=1S/C27H33N5O3S/c1-5-16-35-20-14-12-19(13-15-20)24-23(25(33)29-21-10-8-9-11-22(21)34-7-3)18(4)28-26-30-27(31-32(24)26)36-17-6-2/h8-15,24H,5-7,16-17H2,1-4H3,(H,29,33)(H,28,30,31). The lowest BCUT2D eigenvalue weighted by molar-refractivity contribution is -0.113. The van der Waals surface area contributed by atoms with E-state index in [1.165, 1.54) is 0 Å². The van der Waals surface area contributed by atoms with Crippen molar-refractivity contribution in [2.24, 2.45) is 0 Å². The normalized spacial score (nSPS) is 14.7. The number of aromatic nitrogens is 3. The van der Waals surface area contributed by atoms with Gasteiger partial charge in [0.1, 0.15) is 17.5 Å². The molecule has 0 radical (unpaired) electrons. The van der Waals surface area contributed by atoms with Crippen molar-refractivity contribution in [3.63, 3.8) is 0 Å². The first kappa shape index (κ1) is 25.6. The summed E-state index contributed by atoms with van der Waals surface area (Å²) in [6, 6.07) is 14.8. The Kier molecular flexibility index (Phi) is 8.53. The molecule has 2 aromatic carbocycles. The highest BCUT2D eigenvalue weighted by Crippen LogP contribution is 2.38. The Labute approximate surface area is 216 Å². The van der Waals surface area contributed by atoms with E-state index in [9.17, 15) is 4.79 Å². The van der Waals surface area contributed by atoms with Gasteiger partial charge in [0.15, 0.2) is 0 Å². The number of anilines is 2. The van der Waals surface area contributed by atoms with E-state index in [0.29, 0.717) is 41.3 Å². The van der Waals surface area contributed by atoms with Crippen LogP contribution in [0.4, 0.5) is 11.6 Å². The minimum absolute atomic E-state index is 0.229. The van der Waals surface area contributed by atoms with Crippen LogP contribution in [0.15, 0.2) is 65.0 Å². The summed E-state index contributed by atoms with van der Waals surface area (Å²) >= 11 is 1.60. The molecule has 1 atom stereocenters. The zero-order valence-corrected chi connectivity index (χ0v) is 22.0. The lowest BCUT2D eigenvalue weighted by atomic mass is 9.95. The molecule has 4 rings (SSSR count). The summed E-state index contributed by atoms with van der Waals surface area (Å²) in [5, 5.41) is 11.8. The van der Waals surface area contributed by atoms with E-state index in [-0.39, 0.29) is 5.91 Å². The van der Waals surface area contributed by atoms with Gasteiger partial charge in [0.2, 0.25) is 11.1 Å². The number of thioether (sulfide) groups is 1. The molecular formula is C27H33N5O3S. The van der Waals surface area contributed by atoms with Crippen molar-refractivity contribution in [1.29, 1.82) is 0 Å². The van der Waals surface area contributed by atoms with Gasteiger partial charge in [-0.15, -0.1) is 5.10 Å². The maximum Gasteiger partial charge on any atom is 0.255 e. The van der Waals surface area contributed by atoms with Crippen LogP contribution in [-0.4, -0.2) is 39.6 Å². The number of nitrogens with zero attached hydrogens (tertiary/aromatic N) is 3. The minimum atomic E-state index is -0.454. The average Bonchev–Trinajstić information content (AvgIpc) is 3.29. The van der Waals surface area contributed by atoms with E-state index in [2.05, 4.69) is 29.5 Å². The van der Waals surface area contributed by atoms with Crippen LogP contribution in [-0.2, 0) is 4.79 Å². The smallest absolute Gasteiger partial charge is 0.255 e. The summed E-state index contributed by atoms with van der Waals surface area (Å²) in [6.07, 6.45) is 1.96. The summed E-state index contributed by atoms with van der Waals surface area (Å²) < 4.78 is 13.3. The monoisotopic (exact) mass is 507 g/mol. The number of hydrogen-bond acceptors (Lipinski definition) is 7. The molecule has 2 N–H and O–H groups in total. The van der Waals surface area contributed by atoms with Crippen molar-refractivity contribution in [2.45, 2.75) is 51.7 Å². The van der Waals surface area contributed by atoms with Gasteiger partial charge in [0, 0.05) is 11.4 Å². The van der Waals surface area contributed by atoms with E-state index < -0.39 is 6.04 Å². The number of ether oxygens (including phenoxy) is 2. The number of rotatable bonds is 11. The topological polar surface area (TPSA) is 90.3 Å². The quantitative estimate of drug-likeness (QED) is 0.313. The summed E-state index contributed by atoms with van der Waals surface area (Å²) in [4.78, 5) is 18.4. The number of carbonyl (C=O) groups is 1. The fraction of sp³-hybridized carbons (Fsp3) is 0.370. The van der Waals surface area contributed by atoms with Crippen LogP contribution >= 0.6 is 11.8 Å². The van der Waals surface area contributed by atoms with Gasteiger partial charge in [-0.25, -0.2) is 4.68 Å². The molecule has 3 aromatic rings. The number of benzene rings is 2. The number of carbonyl (C=O) groups excluding carboxylic acids is 1. The maximum atomic E-state index is 13.8. The van der Waals surface area contributed by atoms with Crippen molar-refractivity contribution in [2.75, 3.05) is 29.6 Å². The van der Waals surface area contributed by atoms with Crippen molar-refractivity contribution < 1.29 is 14.3 Å². The van der Waals surface area contributed by atoms with Crippen LogP contribution in [0.25, 0.3) is 0 Å². The molecule has 2 heterocycles. The molecule has 8 nitrogen and oxygen atoms in total. The number of allylic oxidation sites excluding steroid dienone is 1. The van der Waals surface area contributed by atoms with E-state index in [4.69, 9.17) is 14.6 Å². The van der Waals surface area contributed by atoms with Gasteiger partial charge >= 0.3 is 0 Å². The van der Waals surface area contributed by atoms with Crippen molar-refractivity contribution >= 4 is 29.3 Å². The highest BCUT2D eigenvalue weighted by molar-refractivity contribution is 7.99. The van der Waals surface area contributed by atoms with Gasteiger partial charge in [-0.1, -0.05) is 49.9 Å². The molecule has 0 saturated carbocycles. The van der Waals surface area contributed by atoms with E-state index in [1.807, 2.05) is 62.4 Å². The fourth-order valence-corrected chi connectivity index (χ4v) is 4.68. The lowest BCUT2D eigenvalue weighted by Crippen LogP contribution is -2.31. The summed E-state index contributed by atoms with van der Waals surface area (Å²) in [7, 11) is 0. The van der Waals surface area contributed by atoms with Gasteiger partial charge in [-0.05, 0) is 56.5 Å². The predicted molar refractivity (Wildman–Crippen MR) is 144 cm³/mol. The Morgan fingerprint density at radius 1 is 1.08 bits per heavy atom. The Morgan fingerprint density at radius 3 is 2.58 bits per heavy atom. The SMILES string of the molecule is CCCOc1ccc(C2C(C(=O)Nc3ccccc3OCC)=C(C)Nc3nc(SCCC)nn32)cc1. The molecule has 1 unspecified atom stereocenters. The van der Waals surface area contributed by atoms with Crippen LogP contribution in [0.3, 0.4) is 0 Å². The third-order valence-corrected chi connectivity index (χ3v) is 6.66. The second-order valence-electron chi connectivity index (χ2n) is 8.38. The Bertz CT molecular complexity index is 1220. The lowest BCUT2D eigenvalue weighted by Gasteiger charge is -2.29. The maximum absolute atomic E-state index is 13.8. The fourth-order valence-electron chi connectivity index (χ4n) is 4.00. The Morgan fingerprint density at radius 2 is 1.86 bits per heavy atom. The molecule has 1 aliphatic rings. The third kappa shape index (κ3) is 5.67. The van der Waals surface area contributed by atoms with Crippen LogP contribution < -0.4 is 20.1 Å². The Balaban J connectivity index is 1.72. The molecule has 0 bridgehead atoms. The number of hydrogen-bond donors (Lipinski definition) is 2.